The molecule has 1 N–H and O–H groups in total. The molecule has 0 bridgehead atoms. The number of nitrogens with zero attached hydrogens (tertiary/aromatic N) is 2. The van der Waals surface area contributed by atoms with Crippen LogP contribution in [0.2, 0.25) is 0 Å². The predicted octanol–water partition coefficient (Wildman–Crippen LogP) is 2.20. The fourth-order valence-electron chi connectivity index (χ4n) is 2.66. The van der Waals surface area contributed by atoms with E-state index in [0.29, 0.717) is 5.69 Å². The molecular formula is C16H20N2O2. The third kappa shape index (κ3) is 2.76. The SMILES string of the molecule is CN1CCC(Oc2cc(CO)nc3ccccc23)CC1. The molecule has 1 aliphatic rings. The Morgan fingerprint density at radius 1 is 1.30 bits per heavy atom. The molecule has 20 heavy (non-hydrogen) atoms. The van der Waals surface area contributed by atoms with Crippen LogP contribution in [0.3, 0.4) is 0 Å². The molecular weight excluding hydrogens is 252 g/mol. The van der Waals surface area contributed by atoms with E-state index in [1.807, 2.05) is 30.3 Å². The van der Waals surface area contributed by atoms with E-state index in [4.69, 9.17) is 4.74 Å². The van der Waals surface area contributed by atoms with Gasteiger partial charge in [-0.05, 0) is 32.0 Å². The highest BCUT2D eigenvalue weighted by Gasteiger charge is 2.19. The van der Waals surface area contributed by atoms with Gasteiger partial charge in [-0.1, -0.05) is 12.1 Å². The van der Waals surface area contributed by atoms with Gasteiger partial charge in [-0.3, -0.25) is 4.98 Å². The maximum atomic E-state index is 9.34. The first-order valence-corrected chi connectivity index (χ1v) is 7.11. The summed E-state index contributed by atoms with van der Waals surface area (Å²) in [5.41, 5.74) is 1.54. The zero-order valence-electron chi connectivity index (χ0n) is 11.7. The first kappa shape index (κ1) is 13.3. The van der Waals surface area contributed by atoms with Gasteiger partial charge in [-0.15, -0.1) is 0 Å². The minimum atomic E-state index is -0.0609. The fraction of sp³-hybridized carbons (Fsp3) is 0.438. The number of aliphatic hydroxyl groups is 1. The van der Waals surface area contributed by atoms with Crippen molar-refractivity contribution in [1.29, 1.82) is 0 Å². The van der Waals surface area contributed by atoms with Gasteiger partial charge in [-0.25, -0.2) is 0 Å². The predicted molar refractivity (Wildman–Crippen MR) is 78.8 cm³/mol. The van der Waals surface area contributed by atoms with Crippen LogP contribution in [0, 0.1) is 0 Å². The average Bonchev–Trinajstić information content (AvgIpc) is 2.49. The molecule has 0 radical (unpaired) electrons. The summed E-state index contributed by atoms with van der Waals surface area (Å²) in [6.45, 7) is 2.08. The summed E-state index contributed by atoms with van der Waals surface area (Å²) in [6.07, 6.45) is 2.34. The van der Waals surface area contributed by atoms with Crippen molar-refractivity contribution in [3.05, 3.63) is 36.0 Å². The Morgan fingerprint density at radius 2 is 2.05 bits per heavy atom. The Bertz CT molecular complexity index is 592. The Hall–Kier alpha value is -1.65. The molecule has 3 rings (SSSR count). The van der Waals surface area contributed by atoms with E-state index in [9.17, 15) is 5.11 Å². The maximum absolute atomic E-state index is 9.34. The van der Waals surface area contributed by atoms with Gasteiger partial charge < -0.3 is 14.7 Å². The van der Waals surface area contributed by atoms with Gasteiger partial charge in [0.25, 0.3) is 0 Å². The van der Waals surface area contributed by atoms with Crippen LogP contribution in [0.4, 0.5) is 0 Å². The standard InChI is InChI=1S/C16H20N2O2/c1-18-8-6-13(7-9-18)20-16-10-12(11-19)17-15-5-3-2-4-14(15)16/h2-5,10,13,19H,6-9,11H2,1H3. The van der Waals surface area contributed by atoms with Crippen LogP contribution in [0.5, 0.6) is 5.75 Å². The van der Waals surface area contributed by atoms with E-state index in [2.05, 4.69) is 16.9 Å². The van der Waals surface area contributed by atoms with Crippen LogP contribution in [-0.4, -0.2) is 41.2 Å². The highest BCUT2D eigenvalue weighted by molar-refractivity contribution is 5.85. The van der Waals surface area contributed by atoms with Crippen molar-refractivity contribution < 1.29 is 9.84 Å². The molecule has 0 atom stereocenters. The Labute approximate surface area is 119 Å². The van der Waals surface area contributed by atoms with Gasteiger partial charge in [0.1, 0.15) is 11.9 Å². The third-order valence-electron chi connectivity index (χ3n) is 3.85. The normalized spacial score (nSPS) is 17.5. The lowest BCUT2D eigenvalue weighted by Crippen LogP contribution is -2.35. The summed E-state index contributed by atoms with van der Waals surface area (Å²) < 4.78 is 6.18. The lowest BCUT2D eigenvalue weighted by Gasteiger charge is -2.29. The summed E-state index contributed by atoms with van der Waals surface area (Å²) in [4.78, 5) is 6.74. The molecule has 2 aromatic rings. The second kappa shape index (κ2) is 5.77. The largest absolute Gasteiger partial charge is 0.490 e. The van der Waals surface area contributed by atoms with Crippen molar-refractivity contribution in [2.24, 2.45) is 0 Å². The molecule has 4 heteroatoms. The van der Waals surface area contributed by atoms with Gasteiger partial charge in [0.2, 0.25) is 0 Å². The van der Waals surface area contributed by atoms with Crippen LogP contribution in [0.25, 0.3) is 10.9 Å². The summed E-state index contributed by atoms with van der Waals surface area (Å²) >= 11 is 0. The number of aromatic nitrogens is 1. The van der Waals surface area contributed by atoms with Gasteiger partial charge in [-0.2, -0.15) is 0 Å². The van der Waals surface area contributed by atoms with Gasteiger partial charge in [0.05, 0.1) is 17.8 Å². The van der Waals surface area contributed by atoms with E-state index in [1.54, 1.807) is 0 Å². The smallest absolute Gasteiger partial charge is 0.131 e. The summed E-state index contributed by atoms with van der Waals surface area (Å²) in [5, 5.41) is 10.4. The number of fused-ring (bicyclic) bond motifs is 1. The highest BCUT2D eigenvalue weighted by Crippen LogP contribution is 2.28. The number of ether oxygens (including phenoxy) is 1. The number of para-hydroxylation sites is 1. The molecule has 1 saturated heterocycles. The van der Waals surface area contributed by atoms with Crippen molar-refractivity contribution in [1.82, 2.24) is 9.88 Å². The zero-order chi connectivity index (χ0) is 13.9. The fourth-order valence-corrected chi connectivity index (χ4v) is 2.66. The van der Waals surface area contributed by atoms with Crippen molar-refractivity contribution in [3.8, 4) is 5.75 Å². The molecule has 0 amide bonds. The number of hydrogen-bond acceptors (Lipinski definition) is 4. The maximum Gasteiger partial charge on any atom is 0.131 e. The monoisotopic (exact) mass is 272 g/mol. The molecule has 2 heterocycles. The molecule has 0 aliphatic carbocycles. The lowest BCUT2D eigenvalue weighted by atomic mass is 10.1. The van der Waals surface area contributed by atoms with Gasteiger partial charge in [0.15, 0.2) is 0 Å². The number of piperidine rings is 1. The number of benzene rings is 1. The van der Waals surface area contributed by atoms with Gasteiger partial charge in [0, 0.05) is 24.5 Å². The topological polar surface area (TPSA) is 45.6 Å². The van der Waals surface area contributed by atoms with Crippen LogP contribution >= 0.6 is 0 Å². The highest BCUT2D eigenvalue weighted by atomic mass is 16.5. The zero-order valence-corrected chi connectivity index (χ0v) is 11.7. The Balaban J connectivity index is 1.89. The second-order valence-electron chi connectivity index (χ2n) is 5.41. The molecule has 0 unspecified atom stereocenters. The van der Waals surface area contributed by atoms with Crippen molar-refractivity contribution >= 4 is 10.9 Å². The average molecular weight is 272 g/mol. The molecule has 1 fully saturated rings. The molecule has 1 aliphatic heterocycles. The molecule has 0 saturated carbocycles. The quantitative estimate of drug-likeness (QED) is 0.930. The van der Waals surface area contributed by atoms with Gasteiger partial charge >= 0.3 is 0 Å². The van der Waals surface area contributed by atoms with Crippen LogP contribution in [-0.2, 0) is 6.61 Å². The number of likely N-dealkylation sites (tertiary alicyclic amines) is 1. The third-order valence-corrected chi connectivity index (χ3v) is 3.85. The lowest BCUT2D eigenvalue weighted by molar-refractivity contribution is 0.115. The Kier molecular flexibility index (Phi) is 3.85. The van der Waals surface area contributed by atoms with E-state index < -0.39 is 0 Å². The molecule has 1 aromatic carbocycles. The summed E-state index contributed by atoms with van der Waals surface area (Å²) in [6, 6.07) is 9.78. The first-order chi connectivity index (χ1) is 9.76. The Morgan fingerprint density at radius 3 is 2.80 bits per heavy atom. The second-order valence-corrected chi connectivity index (χ2v) is 5.41. The van der Waals surface area contributed by atoms with Crippen molar-refractivity contribution in [2.45, 2.75) is 25.6 Å². The first-order valence-electron chi connectivity index (χ1n) is 7.11. The van der Waals surface area contributed by atoms with E-state index >= 15 is 0 Å². The number of hydrogen-bond donors (Lipinski definition) is 1. The van der Waals surface area contributed by atoms with Crippen LogP contribution in [0.1, 0.15) is 18.5 Å². The minimum Gasteiger partial charge on any atom is -0.490 e. The number of pyridine rings is 1. The van der Waals surface area contributed by atoms with E-state index in [-0.39, 0.29) is 12.7 Å². The molecule has 4 nitrogen and oxygen atoms in total. The van der Waals surface area contributed by atoms with E-state index in [1.165, 1.54) is 0 Å². The van der Waals surface area contributed by atoms with Crippen molar-refractivity contribution in [3.63, 3.8) is 0 Å². The van der Waals surface area contributed by atoms with Crippen LogP contribution < -0.4 is 4.74 Å². The molecule has 1 aromatic heterocycles. The summed E-state index contributed by atoms with van der Waals surface area (Å²) in [5.74, 6) is 0.842. The van der Waals surface area contributed by atoms with Crippen molar-refractivity contribution in [2.75, 3.05) is 20.1 Å². The number of aliphatic hydroxyl groups excluding tert-OH is 1. The molecule has 0 spiro atoms. The minimum absolute atomic E-state index is 0.0609. The number of rotatable bonds is 3. The molecule has 106 valence electrons. The van der Waals surface area contributed by atoms with Crippen LogP contribution in [0.15, 0.2) is 30.3 Å². The summed E-state index contributed by atoms with van der Waals surface area (Å²) in [7, 11) is 2.14. The van der Waals surface area contributed by atoms with E-state index in [0.717, 1.165) is 42.6 Å².